The Morgan fingerprint density at radius 3 is 0.929 bits per heavy atom. The molecule has 0 radical (unpaired) electrons. The van der Waals surface area contributed by atoms with Crippen LogP contribution in [0.1, 0.15) is 0 Å². The summed E-state index contributed by atoms with van der Waals surface area (Å²) >= 11 is 0. The van der Waals surface area contributed by atoms with E-state index in [2.05, 4.69) is 194 Å². The molecule has 262 valence electrons. The summed E-state index contributed by atoms with van der Waals surface area (Å²) in [4.78, 5) is 10.2. The van der Waals surface area contributed by atoms with Crippen LogP contribution < -0.4 is 0 Å². The zero-order valence-electron chi connectivity index (χ0n) is 30.7. The van der Waals surface area contributed by atoms with E-state index in [-0.39, 0.29) is 0 Å². The number of aromatic nitrogens is 2. The van der Waals surface area contributed by atoms with Crippen molar-refractivity contribution >= 4 is 21.5 Å². The smallest absolute Gasteiger partial charge is 0.0715 e. The zero-order chi connectivity index (χ0) is 37.3. The maximum absolute atomic E-state index is 5.13. The molecule has 0 spiro atoms. The summed E-state index contributed by atoms with van der Waals surface area (Å²) in [7, 11) is 0. The lowest BCUT2D eigenvalue weighted by molar-refractivity contribution is 1.32. The lowest BCUT2D eigenvalue weighted by Gasteiger charge is -2.15. The first kappa shape index (κ1) is 33.2. The molecule has 2 heterocycles. The molecule has 0 aliphatic heterocycles. The van der Waals surface area contributed by atoms with Gasteiger partial charge in [-0.25, -0.2) is 9.97 Å². The number of benzene rings is 8. The summed E-state index contributed by atoms with van der Waals surface area (Å²) in [6, 6.07) is 77.6. The highest BCUT2D eigenvalue weighted by Crippen LogP contribution is 2.39. The molecule has 0 saturated heterocycles. The summed E-state index contributed by atoms with van der Waals surface area (Å²) in [5.74, 6) is 0. The molecule has 2 aromatic heterocycles. The van der Waals surface area contributed by atoms with E-state index in [1.165, 1.54) is 38.2 Å². The lowest BCUT2D eigenvalue weighted by Crippen LogP contribution is -1.92. The van der Waals surface area contributed by atoms with Crippen molar-refractivity contribution in [1.82, 2.24) is 9.97 Å². The highest BCUT2D eigenvalue weighted by Gasteiger charge is 2.15. The molecular weight excluding hydrogens is 677 g/mol. The van der Waals surface area contributed by atoms with Crippen LogP contribution in [0.3, 0.4) is 0 Å². The zero-order valence-corrected chi connectivity index (χ0v) is 30.7. The predicted octanol–water partition coefficient (Wildman–Crippen LogP) is 14.5. The van der Waals surface area contributed by atoms with Gasteiger partial charge in [0.2, 0.25) is 0 Å². The lowest BCUT2D eigenvalue weighted by atomic mass is 9.90. The number of fused-ring (bicyclic) bond motifs is 3. The molecular formula is C54H36N2. The van der Waals surface area contributed by atoms with Crippen LogP contribution in [0.5, 0.6) is 0 Å². The van der Waals surface area contributed by atoms with Crippen LogP contribution in [-0.2, 0) is 0 Å². The first-order valence-corrected chi connectivity index (χ1v) is 19.1. The standard InChI is InChI=1S/C54H36N2/c1-5-15-39(16-6-1)51-33-43(34-52(55-51)40-17-7-2-8-18-40)37-27-29-38(30-28-37)45-23-13-25-47-48-26-14-24-46(50(48)32-31-49(45)47)44-35-53(41-19-9-3-10-20-41)56-54(36-44)42-21-11-4-12-22-42/h1-36H. The minimum atomic E-state index is 0.963. The van der Waals surface area contributed by atoms with Crippen molar-refractivity contribution in [3.05, 3.63) is 218 Å². The maximum Gasteiger partial charge on any atom is 0.0715 e. The van der Waals surface area contributed by atoms with Gasteiger partial charge in [-0.05, 0) is 79.2 Å². The fourth-order valence-electron chi connectivity index (χ4n) is 7.88. The van der Waals surface area contributed by atoms with Gasteiger partial charge in [-0.1, -0.05) is 194 Å². The number of rotatable bonds is 7. The van der Waals surface area contributed by atoms with Gasteiger partial charge in [0.25, 0.3) is 0 Å². The van der Waals surface area contributed by atoms with E-state index in [1.54, 1.807) is 0 Å². The molecule has 0 unspecified atom stereocenters. The van der Waals surface area contributed by atoms with Crippen molar-refractivity contribution in [2.75, 3.05) is 0 Å². The summed E-state index contributed by atoms with van der Waals surface area (Å²) < 4.78 is 0. The van der Waals surface area contributed by atoms with Crippen molar-refractivity contribution in [2.45, 2.75) is 0 Å². The molecule has 0 atom stereocenters. The largest absolute Gasteiger partial charge is 0.248 e. The van der Waals surface area contributed by atoms with E-state index >= 15 is 0 Å². The third kappa shape index (κ3) is 6.34. The molecule has 8 aromatic carbocycles. The molecule has 10 rings (SSSR count). The fraction of sp³-hybridized carbons (Fsp3) is 0. The molecule has 2 nitrogen and oxygen atoms in total. The fourth-order valence-corrected chi connectivity index (χ4v) is 7.88. The van der Waals surface area contributed by atoms with E-state index in [9.17, 15) is 0 Å². The van der Waals surface area contributed by atoms with Crippen molar-refractivity contribution in [2.24, 2.45) is 0 Å². The highest BCUT2D eigenvalue weighted by molar-refractivity contribution is 6.15. The van der Waals surface area contributed by atoms with Crippen LogP contribution in [0.4, 0.5) is 0 Å². The summed E-state index contributed by atoms with van der Waals surface area (Å²) in [5, 5.41) is 4.92. The Kier molecular flexibility index (Phi) is 8.55. The molecule has 0 amide bonds. The Hall–Kier alpha value is -7.42. The second kappa shape index (κ2) is 14.4. The molecule has 0 aliphatic rings. The van der Waals surface area contributed by atoms with Crippen molar-refractivity contribution in [3.63, 3.8) is 0 Å². The van der Waals surface area contributed by atoms with Gasteiger partial charge in [0.05, 0.1) is 22.8 Å². The minimum Gasteiger partial charge on any atom is -0.248 e. The second-order valence-electron chi connectivity index (χ2n) is 14.2. The van der Waals surface area contributed by atoms with Gasteiger partial charge >= 0.3 is 0 Å². The predicted molar refractivity (Wildman–Crippen MR) is 235 cm³/mol. The summed E-state index contributed by atoms with van der Waals surface area (Å²) in [6.45, 7) is 0. The second-order valence-corrected chi connectivity index (χ2v) is 14.2. The Balaban J connectivity index is 1.05. The number of pyridine rings is 2. The molecule has 2 heteroatoms. The molecule has 0 fully saturated rings. The molecule has 0 bridgehead atoms. The molecule has 10 aromatic rings. The van der Waals surface area contributed by atoms with Crippen molar-refractivity contribution in [3.8, 4) is 78.4 Å². The van der Waals surface area contributed by atoms with E-state index < -0.39 is 0 Å². The summed E-state index contributed by atoms with van der Waals surface area (Å²) in [5.41, 5.74) is 15.3. The van der Waals surface area contributed by atoms with Crippen molar-refractivity contribution in [1.29, 1.82) is 0 Å². The van der Waals surface area contributed by atoms with Gasteiger partial charge in [0.1, 0.15) is 0 Å². The van der Waals surface area contributed by atoms with Gasteiger partial charge < -0.3 is 0 Å². The van der Waals surface area contributed by atoms with E-state index in [0.717, 1.165) is 61.7 Å². The van der Waals surface area contributed by atoms with Crippen LogP contribution in [0.25, 0.3) is 100.0 Å². The van der Waals surface area contributed by atoms with Gasteiger partial charge in [0, 0.05) is 22.3 Å². The minimum absolute atomic E-state index is 0.963. The van der Waals surface area contributed by atoms with E-state index in [1.807, 2.05) is 24.3 Å². The third-order valence-electron chi connectivity index (χ3n) is 10.7. The molecule has 0 saturated carbocycles. The van der Waals surface area contributed by atoms with Gasteiger partial charge in [-0.3, -0.25) is 0 Å². The number of hydrogen-bond donors (Lipinski definition) is 0. The van der Waals surface area contributed by atoms with Crippen LogP contribution in [0.2, 0.25) is 0 Å². The van der Waals surface area contributed by atoms with Crippen LogP contribution in [-0.4, -0.2) is 9.97 Å². The Morgan fingerprint density at radius 2 is 0.536 bits per heavy atom. The Labute approximate surface area is 327 Å². The van der Waals surface area contributed by atoms with E-state index in [4.69, 9.17) is 9.97 Å². The molecule has 56 heavy (non-hydrogen) atoms. The SMILES string of the molecule is c1ccc(-c2cc(-c3ccc(-c4cccc5c4ccc4c(-c6cc(-c7ccccc7)nc(-c7ccccc7)c6)cccc45)cc3)cc(-c3ccccc3)n2)cc1. The third-order valence-corrected chi connectivity index (χ3v) is 10.7. The molecule has 0 N–H and O–H groups in total. The monoisotopic (exact) mass is 712 g/mol. The number of hydrogen-bond acceptors (Lipinski definition) is 2. The van der Waals surface area contributed by atoms with Gasteiger partial charge in [-0.15, -0.1) is 0 Å². The maximum atomic E-state index is 5.13. The average Bonchev–Trinajstić information content (AvgIpc) is 3.29. The number of nitrogens with zero attached hydrogens (tertiary/aromatic N) is 2. The van der Waals surface area contributed by atoms with Gasteiger partial charge in [0.15, 0.2) is 0 Å². The first-order valence-electron chi connectivity index (χ1n) is 19.1. The van der Waals surface area contributed by atoms with E-state index in [0.29, 0.717) is 0 Å². The highest BCUT2D eigenvalue weighted by atomic mass is 14.7. The first-order chi connectivity index (χ1) is 27.7. The average molecular weight is 713 g/mol. The molecule has 0 aliphatic carbocycles. The van der Waals surface area contributed by atoms with Crippen molar-refractivity contribution < 1.29 is 0 Å². The quantitative estimate of drug-likeness (QED) is 0.154. The summed E-state index contributed by atoms with van der Waals surface area (Å²) in [6.07, 6.45) is 0. The van der Waals surface area contributed by atoms with Crippen LogP contribution >= 0.6 is 0 Å². The van der Waals surface area contributed by atoms with Gasteiger partial charge in [-0.2, -0.15) is 0 Å². The topological polar surface area (TPSA) is 25.8 Å². The Bertz CT molecular complexity index is 2860. The van der Waals surface area contributed by atoms with Crippen LogP contribution in [0.15, 0.2) is 218 Å². The van der Waals surface area contributed by atoms with Crippen LogP contribution in [0, 0.1) is 0 Å². The normalized spacial score (nSPS) is 11.2. The Morgan fingerprint density at radius 1 is 0.196 bits per heavy atom.